The van der Waals surface area contributed by atoms with Gasteiger partial charge in [0.05, 0.1) is 19.3 Å². The first-order valence-corrected chi connectivity index (χ1v) is 6.04. The van der Waals surface area contributed by atoms with Crippen molar-refractivity contribution in [2.75, 3.05) is 32.8 Å². The van der Waals surface area contributed by atoms with Gasteiger partial charge in [-0.2, -0.15) is 0 Å². The Bertz CT molecular complexity index is 345. The summed E-state index contributed by atoms with van der Waals surface area (Å²) in [5, 5.41) is 3.43. The lowest BCUT2D eigenvalue weighted by molar-refractivity contribution is -0.0593. The summed E-state index contributed by atoms with van der Waals surface area (Å²) in [7, 11) is 0. The number of rotatable bonds is 1. The molecule has 0 bridgehead atoms. The van der Waals surface area contributed by atoms with Crippen LogP contribution in [0.25, 0.3) is 0 Å². The molecule has 2 fully saturated rings. The summed E-state index contributed by atoms with van der Waals surface area (Å²) in [6.45, 7) is 4.99. The molecule has 0 unspecified atom stereocenters. The highest BCUT2D eigenvalue weighted by Crippen LogP contribution is 2.27. The lowest BCUT2D eigenvalue weighted by Crippen LogP contribution is -2.57. The molecule has 2 heterocycles. The molecule has 0 radical (unpaired) electrons. The Hall–Kier alpha value is -0.610. The number of ether oxygens (including phenoxy) is 1. The third-order valence-corrected chi connectivity index (χ3v) is 3.57. The zero-order chi connectivity index (χ0) is 10.8. The molecule has 3 nitrogen and oxygen atoms in total. The van der Waals surface area contributed by atoms with E-state index in [1.807, 2.05) is 0 Å². The largest absolute Gasteiger partial charge is 0.378 e. The van der Waals surface area contributed by atoms with Crippen LogP contribution in [0.3, 0.4) is 0 Å². The van der Waals surface area contributed by atoms with E-state index in [0.717, 1.165) is 32.8 Å². The molecule has 3 rings (SSSR count). The third kappa shape index (κ3) is 2.63. The Morgan fingerprint density at radius 3 is 2.82 bits per heavy atom. The van der Waals surface area contributed by atoms with Gasteiger partial charge in [-0.3, -0.25) is 4.90 Å². The maximum atomic E-state index is 5.72. The topological polar surface area (TPSA) is 24.5 Å². The molecule has 94 valence electrons. The molecule has 2 atom stereocenters. The van der Waals surface area contributed by atoms with Gasteiger partial charge in [0.1, 0.15) is 0 Å². The first-order chi connectivity index (χ1) is 7.95. The van der Waals surface area contributed by atoms with E-state index in [9.17, 15) is 0 Å². The zero-order valence-electron chi connectivity index (χ0n) is 9.84. The Balaban J connectivity index is 0.00000108. The molecule has 17 heavy (non-hydrogen) atoms. The molecule has 0 aromatic heterocycles. The van der Waals surface area contributed by atoms with Crippen molar-refractivity contribution in [2.45, 2.75) is 12.1 Å². The molecule has 2 aliphatic rings. The summed E-state index contributed by atoms with van der Waals surface area (Å²) in [6.07, 6.45) is 0. The summed E-state index contributed by atoms with van der Waals surface area (Å²) >= 11 is 0. The normalized spacial score (nSPS) is 29.2. The molecule has 0 amide bonds. The fourth-order valence-corrected chi connectivity index (χ4v) is 2.72. The summed E-state index contributed by atoms with van der Waals surface area (Å²) in [5.74, 6) is 0. The molecule has 0 spiro atoms. The average molecular weight is 255 g/mol. The van der Waals surface area contributed by atoms with Crippen molar-refractivity contribution in [3.05, 3.63) is 35.9 Å². The van der Waals surface area contributed by atoms with Crippen molar-refractivity contribution < 1.29 is 4.74 Å². The molecule has 1 aromatic carbocycles. The number of fused-ring (bicyclic) bond motifs is 1. The Kier molecular flexibility index (Phi) is 4.40. The molecule has 0 saturated carbocycles. The van der Waals surface area contributed by atoms with E-state index in [2.05, 4.69) is 40.5 Å². The van der Waals surface area contributed by atoms with Crippen molar-refractivity contribution in [1.29, 1.82) is 0 Å². The summed E-state index contributed by atoms with van der Waals surface area (Å²) in [4.78, 5) is 2.59. The maximum Gasteiger partial charge on any atom is 0.0664 e. The highest BCUT2D eigenvalue weighted by atomic mass is 35.5. The minimum atomic E-state index is 0. The summed E-state index contributed by atoms with van der Waals surface area (Å²) < 4.78 is 5.72. The highest BCUT2D eigenvalue weighted by molar-refractivity contribution is 5.85. The lowest BCUT2D eigenvalue weighted by atomic mass is 10.0. The van der Waals surface area contributed by atoms with Crippen molar-refractivity contribution >= 4 is 12.4 Å². The number of piperazine rings is 1. The van der Waals surface area contributed by atoms with Gasteiger partial charge in [-0.25, -0.2) is 0 Å². The molecule has 0 aliphatic carbocycles. The average Bonchev–Trinajstić information content (AvgIpc) is 2.39. The van der Waals surface area contributed by atoms with Gasteiger partial charge in [0.15, 0.2) is 0 Å². The van der Waals surface area contributed by atoms with Gasteiger partial charge >= 0.3 is 0 Å². The highest BCUT2D eigenvalue weighted by Gasteiger charge is 2.33. The third-order valence-electron chi connectivity index (χ3n) is 3.57. The zero-order valence-corrected chi connectivity index (χ0v) is 10.7. The van der Waals surface area contributed by atoms with Gasteiger partial charge in [0, 0.05) is 25.7 Å². The quantitative estimate of drug-likeness (QED) is 0.821. The van der Waals surface area contributed by atoms with E-state index < -0.39 is 0 Å². The van der Waals surface area contributed by atoms with E-state index in [-0.39, 0.29) is 12.4 Å². The van der Waals surface area contributed by atoms with E-state index >= 15 is 0 Å². The first-order valence-electron chi connectivity index (χ1n) is 6.04. The van der Waals surface area contributed by atoms with Gasteiger partial charge in [-0.1, -0.05) is 30.3 Å². The number of hydrogen-bond donors (Lipinski definition) is 1. The van der Waals surface area contributed by atoms with Gasteiger partial charge < -0.3 is 10.1 Å². The minimum Gasteiger partial charge on any atom is -0.378 e. The summed E-state index contributed by atoms with van der Waals surface area (Å²) in [6, 6.07) is 11.7. The van der Waals surface area contributed by atoms with Crippen LogP contribution in [0.4, 0.5) is 0 Å². The lowest BCUT2D eigenvalue weighted by Gasteiger charge is -2.45. The van der Waals surface area contributed by atoms with E-state index in [0.29, 0.717) is 12.1 Å². The van der Waals surface area contributed by atoms with Crippen LogP contribution in [-0.2, 0) is 4.74 Å². The molecule has 1 aromatic rings. The number of benzene rings is 1. The molecular weight excluding hydrogens is 236 g/mol. The maximum absolute atomic E-state index is 5.72. The van der Waals surface area contributed by atoms with Gasteiger partial charge in [-0.15, -0.1) is 12.4 Å². The number of hydrogen-bond acceptors (Lipinski definition) is 3. The smallest absolute Gasteiger partial charge is 0.0664 e. The Labute approximate surface area is 109 Å². The van der Waals surface area contributed by atoms with Crippen LogP contribution in [0, 0.1) is 0 Å². The monoisotopic (exact) mass is 254 g/mol. The van der Waals surface area contributed by atoms with Crippen molar-refractivity contribution in [3.8, 4) is 0 Å². The molecule has 4 heteroatoms. The van der Waals surface area contributed by atoms with Crippen LogP contribution >= 0.6 is 12.4 Å². The van der Waals surface area contributed by atoms with Crippen molar-refractivity contribution in [1.82, 2.24) is 10.2 Å². The second kappa shape index (κ2) is 5.83. The molecule has 1 N–H and O–H groups in total. The van der Waals surface area contributed by atoms with E-state index in [1.54, 1.807) is 0 Å². The number of morpholine rings is 1. The Morgan fingerprint density at radius 1 is 1.18 bits per heavy atom. The van der Waals surface area contributed by atoms with Gasteiger partial charge in [-0.05, 0) is 5.56 Å². The first kappa shape index (κ1) is 12.8. The fraction of sp³-hybridized carbons (Fsp3) is 0.538. The van der Waals surface area contributed by atoms with Crippen LogP contribution in [0.1, 0.15) is 11.6 Å². The van der Waals surface area contributed by atoms with Crippen LogP contribution in [0.5, 0.6) is 0 Å². The molecule has 2 saturated heterocycles. The van der Waals surface area contributed by atoms with Crippen molar-refractivity contribution in [3.63, 3.8) is 0 Å². The SMILES string of the molecule is Cl.c1ccc([C@H]2COC[C@H]3CNCCN32)cc1. The Morgan fingerprint density at radius 2 is 2.00 bits per heavy atom. The van der Waals surface area contributed by atoms with Crippen LogP contribution in [-0.4, -0.2) is 43.8 Å². The number of nitrogens with zero attached hydrogens (tertiary/aromatic N) is 1. The predicted octanol–water partition coefficient (Wildman–Crippen LogP) is 1.45. The fourth-order valence-electron chi connectivity index (χ4n) is 2.72. The van der Waals surface area contributed by atoms with Gasteiger partial charge in [0.25, 0.3) is 0 Å². The molecular formula is C13H19ClN2O. The number of nitrogens with one attached hydrogen (secondary N) is 1. The van der Waals surface area contributed by atoms with Crippen molar-refractivity contribution in [2.24, 2.45) is 0 Å². The van der Waals surface area contributed by atoms with Crippen LogP contribution < -0.4 is 5.32 Å². The van der Waals surface area contributed by atoms with E-state index in [1.165, 1.54) is 5.56 Å². The minimum absolute atomic E-state index is 0. The predicted molar refractivity (Wildman–Crippen MR) is 70.6 cm³/mol. The second-order valence-corrected chi connectivity index (χ2v) is 4.56. The summed E-state index contributed by atoms with van der Waals surface area (Å²) in [5.41, 5.74) is 1.38. The van der Waals surface area contributed by atoms with E-state index in [4.69, 9.17) is 4.74 Å². The van der Waals surface area contributed by atoms with Crippen LogP contribution in [0.2, 0.25) is 0 Å². The van der Waals surface area contributed by atoms with Crippen LogP contribution in [0.15, 0.2) is 30.3 Å². The van der Waals surface area contributed by atoms with Gasteiger partial charge in [0.2, 0.25) is 0 Å². The second-order valence-electron chi connectivity index (χ2n) is 4.56. The standard InChI is InChI=1S/C13H18N2O.ClH/c1-2-4-11(5-3-1)13-10-16-9-12-8-14-6-7-15(12)13;/h1-5,12-14H,6-10H2;1H/t12-,13-;/m1./s1. The number of halogens is 1. The molecule has 2 aliphatic heterocycles.